The van der Waals surface area contributed by atoms with Crippen LogP contribution in [0.1, 0.15) is 90.8 Å². The quantitative estimate of drug-likeness (QED) is 0.198. The number of carbonyl (C=O) groups is 2. The summed E-state index contributed by atoms with van der Waals surface area (Å²) < 4.78 is 15.2. The number of amides is 2. The van der Waals surface area contributed by atoms with Gasteiger partial charge in [0.1, 0.15) is 47.5 Å². The molecule has 2 aliphatic carbocycles. The highest BCUT2D eigenvalue weighted by atomic mass is 16.5. The fraction of sp³-hybridized carbons (Fsp3) is 0.474. The molecule has 2 aliphatic heterocycles. The van der Waals surface area contributed by atoms with Crippen molar-refractivity contribution in [2.24, 2.45) is 11.8 Å². The molecule has 2 amide bonds. The number of nitrogens with zero attached hydrogens (tertiary/aromatic N) is 6. The summed E-state index contributed by atoms with van der Waals surface area (Å²) in [5.41, 5.74) is 3.00. The molecule has 252 valence electrons. The Morgan fingerprint density at radius 1 is 0.667 bits per heavy atom. The van der Waals surface area contributed by atoms with Gasteiger partial charge in [-0.2, -0.15) is 10.2 Å². The fourth-order valence-corrected chi connectivity index (χ4v) is 6.91. The summed E-state index contributed by atoms with van der Waals surface area (Å²) in [5, 5.41) is 9.15. The van der Waals surface area contributed by atoms with Gasteiger partial charge >= 0.3 is 0 Å². The van der Waals surface area contributed by atoms with Crippen LogP contribution in [0.25, 0.3) is 0 Å². The van der Waals surface area contributed by atoms with E-state index in [1.54, 1.807) is 0 Å². The second-order valence-electron chi connectivity index (χ2n) is 13.8. The molecule has 0 bridgehead atoms. The third-order valence-electron chi connectivity index (χ3n) is 10.1. The van der Waals surface area contributed by atoms with Crippen LogP contribution in [0.15, 0.2) is 72.8 Å². The van der Waals surface area contributed by atoms with Crippen molar-refractivity contribution in [1.82, 2.24) is 29.4 Å². The lowest BCUT2D eigenvalue weighted by Crippen LogP contribution is -2.49. The van der Waals surface area contributed by atoms with Crippen molar-refractivity contribution in [2.75, 3.05) is 19.6 Å². The van der Waals surface area contributed by atoms with E-state index in [9.17, 15) is 9.59 Å². The van der Waals surface area contributed by atoms with E-state index in [4.69, 9.17) is 9.47 Å². The molecule has 2 aromatic heterocycles. The maximum Gasteiger partial charge on any atom is 0.272 e. The van der Waals surface area contributed by atoms with Gasteiger partial charge in [0.05, 0.1) is 12.6 Å². The van der Waals surface area contributed by atoms with Gasteiger partial charge in [-0.3, -0.25) is 19.0 Å². The second-order valence-corrected chi connectivity index (χ2v) is 13.8. The van der Waals surface area contributed by atoms with Crippen molar-refractivity contribution in [2.45, 2.75) is 84.2 Å². The summed E-state index contributed by atoms with van der Waals surface area (Å²) in [6.07, 6.45) is 7.64. The second kappa shape index (κ2) is 14.3. The van der Waals surface area contributed by atoms with Gasteiger partial charge in [-0.05, 0) is 87.8 Å². The number of carbonyl (C=O) groups excluding carboxylic acids is 2. The third-order valence-corrected chi connectivity index (χ3v) is 10.1. The zero-order chi connectivity index (χ0) is 33.0. The van der Waals surface area contributed by atoms with E-state index in [0.717, 1.165) is 49.1 Å². The molecule has 10 nitrogen and oxygen atoms in total. The van der Waals surface area contributed by atoms with Crippen LogP contribution in [0.4, 0.5) is 0 Å². The maximum atomic E-state index is 12.8. The standard InChI is InChI=1S/2C19H23N3O2/c1-14-11-22-18(19(23)21(14)12-15-6-5-7-15)10-16(20-22)13-24-17-8-3-2-4-9-17;1-14-11-21(12-15-6-5-7-15)19(23)18-10-16(20-22(14)18)13-24-17-8-3-2-4-9-17/h2*2-4,8-10,14-15H,5-7,11-13H2,1H3/t14-;/m1./s1. The Labute approximate surface area is 282 Å². The van der Waals surface area contributed by atoms with Crippen LogP contribution in [0.5, 0.6) is 11.5 Å². The predicted octanol–water partition coefficient (Wildman–Crippen LogP) is 6.39. The van der Waals surface area contributed by atoms with Crippen LogP contribution >= 0.6 is 0 Å². The Kier molecular flexibility index (Phi) is 9.50. The molecule has 2 fully saturated rings. The minimum absolute atomic E-state index is 0.110. The van der Waals surface area contributed by atoms with E-state index in [2.05, 4.69) is 24.0 Å². The first-order valence-corrected chi connectivity index (χ1v) is 17.5. The van der Waals surface area contributed by atoms with Crippen LogP contribution in [0.2, 0.25) is 0 Å². The van der Waals surface area contributed by atoms with E-state index >= 15 is 0 Å². The SMILES string of the molecule is CC1CN(CC2CCC2)C(=O)c2cc(COc3ccccc3)nn21.C[C@@H]1Cn2nc(COc3ccccc3)cc2C(=O)N1CC1CCC1. The summed E-state index contributed by atoms with van der Waals surface area (Å²) >= 11 is 0. The number of rotatable bonds is 10. The maximum absolute atomic E-state index is 12.8. The summed E-state index contributed by atoms with van der Waals surface area (Å²) in [7, 11) is 0. The number of hydrogen-bond donors (Lipinski definition) is 0. The van der Waals surface area contributed by atoms with Gasteiger partial charge in [0.25, 0.3) is 11.8 Å². The monoisotopic (exact) mass is 650 g/mol. The fourth-order valence-electron chi connectivity index (χ4n) is 6.91. The molecule has 0 N–H and O–H groups in total. The molecule has 2 aromatic carbocycles. The van der Waals surface area contributed by atoms with Crippen molar-refractivity contribution < 1.29 is 19.1 Å². The smallest absolute Gasteiger partial charge is 0.272 e. The number of ether oxygens (including phenoxy) is 2. The lowest BCUT2D eigenvalue weighted by molar-refractivity contribution is 0.0518. The molecule has 0 radical (unpaired) electrons. The summed E-state index contributed by atoms with van der Waals surface area (Å²) in [5.74, 6) is 3.23. The van der Waals surface area contributed by atoms with Crippen molar-refractivity contribution in [3.63, 3.8) is 0 Å². The highest BCUT2D eigenvalue weighted by Gasteiger charge is 2.35. The molecule has 2 saturated carbocycles. The van der Waals surface area contributed by atoms with Gasteiger partial charge in [-0.25, -0.2) is 0 Å². The molecule has 0 spiro atoms. The molecular formula is C38H46N6O4. The third kappa shape index (κ3) is 7.12. The van der Waals surface area contributed by atoms with Gasteiger partial charge in [0, 0.05) is 25.7 Å². The number of para-hydroxylation sites is 2. The minimum atomic E-state index is 0.110. The molecule has 0 saturated heterocycles. The van der Waals surface area contributed by atoms with E-state index in [1.165, 1.54) is 38.5 Å². The Balaban J connectivity index is 0.000000152. The topological polar surface area (TPSA) is 94.7 Å². The number of fused-ring (bicyclic) bond motifs is 2. The molecular weight excluding hydrogens is 604 g/mol. The van der Waals surface area contributed by atoms with Crippen LogP contribution in [-0.2, 0) is 19.8 Å². The van der Waals surface area contributed by atoms with E-state index in [0.29, 0.717) is 36.4 Å². The zero-order valence-electron chi connectivity index (χ0n) is 28.0. The predicted molar refractivity (Wildman–Crippen MR) is 182 cm³/mol. The first-order valence-electron chi connectivity index (χ1n) is 17.5. The Hall–Kier alpha value is -4.60. The van der Waals surface area contributed by atoms with Crippen molar-refractivity contribution in [1.29, 1.82) is 0 Å². The number of benzene rings is 2. The molecule has 8 rings (SSSR count). The van der Waals surface area contributed by atoms with Crippen molar-refractivity contribution >= 4 is 11.8 Å². The normalized spacial score (nSPS) is 20.6. The number of hydrogen-bond acceptors (Lipinski definition) is 6. The highest BCUT2D eigenvalue weighted by Crippen LogP contribution is 2.31. The lowest BCUT2D eigenvalue weighted by atomic mass is 9.84. The van der Waals surface area contributed by atoms with Gasteiger partial charge in [-0.15, -0.1) is 0 Å². The lowest BCUT2D eigenvalue weighted by Gasteiger charge is -2.38. The Morgan fingerprint density at radius 3 is 1.81 bits per heavy atom. The van der Waals surface area contributed by atoms with E-state index in [-0.39, 0.29) is 23.9 Å². The van der Waals surface area contributed by atoms with Crippen LogP contribution in [0.3, 0.4) is 0 Å². The molecule has 48 heavy (non-hydrogen) atoms. The minimum Gasteiger partial charge on any atom is -0.487 e. The molecule has 10 heteroatoms. The largest absolute Gasteiger partial charge is 0.487 e. The van der Waals surface area contributed by atoms with Crippen LogP contribution in [0, 0.1) is 11.8 Å². The molecule has 4 heterocycles. The average Bonchev–Trinajstić information content (AvgIpc) is 3.68. The van der Waals surface area contributed by atoms with Crippen molar-refractivity contribution in [3.8, 4) is 11.5 Å². The van der Waals surface area contributed by atoms with Crippen molar-refractivity contribution in [3.05, 3.63) is 95.6 Å². The number of aromatic nitrogens is 4. The molecule has 4 aliphatic rings. The average molecular weight is 651 g/mol. The van der Waals surface area contributed by atoms with Gasteiger partial charge in [-0.1, -0.05) is 49.2 Å². The Bertz CT molecular complexity index is 1690. The molecule has 4 aromatic rings. The molecule has 2 atom stereocenters. The Morgan fingerprint density at radius 2 is 1.23 bits per heavy atom. The summed E-state index contributed by atoms with van der Waals surface area (Å²) in [6, 6.07) is 23.5. The van der Waals surface area contributed by atoms with Crippen LogP contribution in [-0.4, -0.2) is 66.9 Å². The van der Waals surface area contributed by atoms with Gasteiger partial charge in [0.15, 0.2) is 0 Å². The van der Waals surface area contributed by atoms with E-state index < -0.39 is 0 Å². The summed E-state index contributed by atoms with van der Waals surface area (Å²) in [6.45, 7) is 8.30. The van der Waals surface area contributed by atoms with Gasteiger partial charge < -0.3 is 19.3 Å². The van der Waals surface area contributed by atoms with Crippen LogP contribution < -0.4 is 9.47 Å². The molecule has 1 unspecified atom stereocenters. The summed E-state index contributed by atoms with van der Waals surface area (Å²) in [4.78, 5) is 29.6. The zero-order valence-corrected chi connectivity index (χ0v) is 28.0. The highest BCUT2D eigenvalue weighted by molar-refractivity contribution is 5.94. The first-order chi connectivity index (χ1) is 23.4. The van der Waals surface area contributed by atoms with E-state index in [1.807, 2.05) is 92.0 Å². The van der Waals surface area contributed by atoms with Gasteiger partial charge in [0.2, 0.25) is 0 Å². The first kappa shape index (κ1) is 32.0.